The fraction of sp³-hybridized carbons (Fsp3) is 0.471. The average molecular weight is 426 g/mol. The monoisotopic (exact) mass is 424 g/mol. The van der Waals surface area contributed by atoms with Crippen molar-refractivity contribution < 1.29 is 29.0 Å². The number of carbonyl (C=O) groups is 3. The van der Waals surface area contributed by atoms with Crippen LogP contribution in [0, 0.1) is 11.8 Å². The molecule has 0 radical (unpaired) electrons. The number of esters is 2. The minimum Gasteiger partial charge on any atom is -0.473 e. The van der Waals surface area contributed by atoms with Crippen LogP contribution < -0.4 is 4.74 Å². The van der Waals surface area contributed by atoms with Crippen LogP contribution in [0.1, 0.15) is 44.0 Å². The highest BCUT2D eigenvalue weighted by atomic mass is 35.5. The lowest BCUT2D eigenvalue weighted by molar-refractivity contribution is -0.158. The Morgan fingerprint density at radius 3 is 2.23 bits per heavy atom. The molecule has 1 N–H and O–H groups in total. The molecule has 0 saturated carbocycles. The van der Waals surface area contributed by atoms with E-state index in [9.17, 15) is 14.4 Å². The van der Waals surface area contributed by atoms with Crippen molar-refractivity contribution >= 4 is 52.7 Å². The lowest BCUT2D eigenvalue weighted by Gasteiger charge is -2.16. The van der Waals surface area contributed by atoms with Gasteiger partial charge in [0.2, 0.25) is 0 Å². The van der Waals surface area contributed by atoms with Gasteiger partial charge in [0.15, 0.2) is 5.75 Å². The van der Waals surface area contributed by atoms with E-state index in [4.69, 9.17) is 44.6 Å². The summed E-state index contributed by atoms with van der Waals surface area (Å²) in [4.78, 5) is 34.5. The molecule has 9 heteroatoms. The van der Waals surface area contributed by atoms with E-state index in [1.54, 1.807) is 0 Å². The van der Waals surface area contributed by atoms with Crippen LogP contribution in [-0.4, -0.2) is 29.6 Å². The summed E-state index contributed by atoms with van der Waals surface area (Å²) in [6.07, 6.45) is 1.83. The summed E-state index contributed by atoms with van der Waals surface area (Å²) in [5, 5.41) is 8.12. The smallest absolute Gasteiger partial charge is 0.422 e. The van der Waals surface area contributed by atoms with Gasteiger partial charge >= 0.3 is 17.9 Å². The maximum absolute atomic E-state index is 12.4. The number of hydrogen-bond donors (Lipinski definition) is 1. The molecule has 26 heavy (non-hydrogen) atoms. The van der Waals surface area contributed by atoms with E-state index in [0.717, 1.165) is 18.9 Å². The molecule has 1 unspecified atom stereocenters. The number of carbonyl (C=O) groups excluding carboxylic acids is 2. The normalized spacial score (nSPS) is 12.0. The van der Waals surface area contributed by atoms with Crippen molar-refractivity contribution in [2.24, 2.45) is 11.8 Å². The van der Waals surface area contributed by atoms with Gasteiger partial charge in [-0.1, -0.05) is 62.0 Å². The molecule has 0 aromatic heterocycles. The maximum Gasteiger partial charge on any atom is 0.422 e. The van der Waals surface area contributed by atoms with Crippen molar-refractivity contribution in [3.63, 3.8) is 0 Å². The molecule has 0 fully saturated rings. The van der Waals surface area contributed by atoms with E-state index < -0.39 is 29.2 Å². The summed E-state index contributed by atoms with van der Waals surface area (Å²) in [5.74, 6) is -4.27. The van der Waals surface area contributed by atoms with Crippen molar-refractivity contribution in [2.75, 3.05) is 6.61 Å². The molecule has 1 atom stereocenters. The van der Waals surface area contributed by atoms with Crippen molar-refractivity contribution in [2.45, 2.75) is 33.6 Å². The standard InChI is InChI=1S/C17H19Cl3O6/c1-8(2)4-5-9(3)7-25-16(23)12-13(20)10(18)6-11(19)14(12)26-17(24)15(21)22/h6,8-9H,4-5,7H2,1-3H3,(H,21,22). The van der Waals surface area contributed by atoms with Gasteiger partial charge in [0, 0.05) is 0 Å². The molecule has 0 heterocycles. The van der Waals surface area contributed by atoms with E-state index in [-0.39, 0.29) is 27.6 Å². The Balaban J connectivity index is 3.03. The second-order valence-corrected chi connectivity index (χ2v) is 7.42. The maximum atomic E-state index is 12.4. The highest BCUT2D eigenvalue weighted by Gasteiger charge is 2.28. The molecule has 0 bridgehead atoms. The number of carboxylic acids is 1. The Kier molecular flexibility index (Phi) is 8.67. The van der Waals surface area contributed by atoms with Gasteiger partial charge in [-0.2, -0.15) is 0 Å². The second-order valence-electron chi connectivity index (χ2n) is 6.23. The third kappa shape index (κ3) is 6.34. The molecule has 6 nitrogen and oxygen atoms in total. The fourth-order valence-corrected chi connectivity index (χ4v) is 2.71. The van der Waals surface area contributed by atoms with Crippen molar-refractivity contribution in [1.82, 2.24) is 0 Å². The molecule has 1 rings (SSSR count). The van der Waals surface area contributed by atoms with E-state index in [0.29, 0.717) is 5.92 Å². The van der Waals surface area contributed by atoms with Gasteiger partial charge in [0.1, 0.15) is 5.56 Å². The van der Waals surface area contributed by atoms with Crippen LogP contribution in [0.4, 0.5) is 0 Å². The second kappa shape index (κ2) is 10.00. The average Bonchev–Trinajstić information content (AvgIpc) is 2.55. The Labute approximate surface area is 166 Å². The van der Waals surface area contributed by atoms with Gasteiger partial charge in [0.25, 0.3) is 0 Å². The highest BCUT2D eigenvalue weighted by Crippen LogP contribution is 2.40. The van der Waals surface area contributed by atoms with Crippen molar-refractivity contribution in [3.8, 4) is 5.75 Å². The Bertz CT molecular complexity index is 702. The molecule has 1 aromatic carbocycles. The van der Waals surface area contributed by atoms with Gasteiger partial charge in [0.05, 0.1) is 21.7 Å². The predicted octanol–water partition coefficient (Wildman–Crippen LogP) is 4.87. The van der Waals surface area contributed by atoms with Gasteiger partial charge in [-0.05, 0) is 24.3 Å². The molecule has 0 saturated heterocycles. The first-order chi connectivity index (χ1) is 12.0. The minimum absolute atomic E-state index is 0.0633. The summed E-state index contributed by atoms with van der Waals surface area (Å²) in [6.45, 7) is 6.22. The van der Waals surface area contributed by atoms with E-state index >= 15 is 0 Å². The van der Waals surface area contributed by atoms with Crippen molar-refractivity contribution in [1.29, 1.82) is 0 Å². The van der Waals surface area contributed by atoms with Gasteiger partial charge in [-0.3, -0.25) is 0 Å². The fourth-order valence-electron chi connectivity index (χ4n) is 1.99. The molecule has 0 aliphatic carbocycles. The van der Waals surface area contributed by atoms with Crippen LogP contribution >= 0.6 is 34.8 Å². The highest BCUT2D eigenvalue weighted by molar-refractivity contribution is 6.46. The third-order valence-corrected chi connectivity index (χ3v) is 4.50. The first kappa shape index (κ1) is 22.5. The van der Waals surface area contributed by atoms with Crippen LogP contribution in [0.2, 0.25) is 15.1 Å². The third-order valence-electron chi connectivity index (χ3n) is 3.44. The molecule has 1 aromatic rings. The first-order valence-electron chi connectivity index (χ1n) is 7.84. The minimum atomic E-state index is -1.85. The zero-order valence-corrected chi connectivity index (χ0v) is 16.7. The number of halogens is 3. The van der Waals surface area contributed by atoms with E-state index in [1.807, 2.05) is 6.92 Å². The van der Waals surface area contributed by atoms with E-state index in [1.165, 1.54) is 0 Å². The van der Waals surface area contributed by atoms with Crippen LogP contribution in [-0.2, 0) is 14.3 Å². The van der Waals surface area contributed by atoms with Crippen LogP contribution in [0.3, 0.4) is 0 Å². The van der Waals surface area contributed by atoms with Crippen LogP contribution in [0.5, 0.6) is 5.75 Å². The molecule has 0 aliphatic heterocycles. The summed E-state index contributed by atoms with van der Waals surface area (Å²) < 4.78 is 9.88. The number of carboxylic acid groups (broad SMARTS) is 1. The predicted molar refractivity (Wildman–Crippen MR) is 98.3 cm³/mol. The first-order valence-corrected chi connectivity index (χ1v) is 8.97. The molecule has 0 aliphatic rings. The number of ether oxygens (including phenoxy) is 2. The Morgan fingerprint density at radius 2 is 1.69 bits per heavy atom. The molecule has 144 valence electrons. The number of rotatable bonds is 7. The number of hydrogen-bond acceptors (Lipinski definition) is 5. The Morgan fingerprint density at radius 1 is 1.08 bits per heavy atom. The summed E-state index contributed by atoms with van der Waals surface area (Å²) >= 11 is 17.8. The van der Waals surface area contributed by atoms with E-state index in [2.05, 4.69) is 18.6 Å². The van der Waals surface area contributed by atoms with Gasteiger partial charge in [-0.25, -0.2) is 14.4 Å². The summed E-state index contributed by atoms with van der Waals surface area (Å²) in [5.41, 5.74) is -0.394. The lowest BCUT2D eigenvalue weighted by atomic mass is 10.0. The SMILES string of the molecule is CC(C)CCC(C)COC(=O)c1c(Cl)c(Cl)cc(Cl)c1OC(=O)C(=O)O. The van der Waals surface area contributed by atoms with Crippen LogP contribution in [0.15, 0.2) is 6.07 Å². The van der Waals surface area contributed by atoms with Gasteiger partial charge < -0.3 is 14.6 Å². The van der Waals surface area contributed by atoms with Crippen molar-refractivity contribution in [3.05, 3.63) is 26.7 Å². The molecular weight excluding hydrogens is 407 g/mol. The quantitative estimate of drug-likeness (QED) is 0.290. The topological polar surface area (TPSA) is 89.9 Å². The zero-order valence-electron chi connectivity index (χ0n) is 14.5. The Hall–Kier alpha value is -1.50. The largest absolute Gasteiger partial charge is 0.473 e. The summed E-state index contributed by atoms with van der Waals surface area (Å²) in [6, 6.07) is 1.14. The number of benzene rings is 1. The number of aliphatic carboxylic acids is 1. The molecular formula is C17H19Cl3O6. The van der Waals surface area contributed by atoms with Crippen LogP contribution in [0.25, 0.3) is 0 Å². The lowest BCUT2D eigenvalue weighted by Crippen LogP contribution is -2.22. The molecule has 0 amide bonds. The summed E-state index contributed by atoms with van der Waals surface area (Å²) in [7, 11) is 0. The van der Waals surface area contributed by atoms with Gasteiger partial charge in [-0.15, -0.1) is 0 Å². The molecule has 0 spiro atoms. The zero-order chi connectivity index (χ0) is 20.0.